The van der Waals surface area contributed by atoms with Crippen LogP contribution in [0.4, 0.5) is 26.1 Å². The maximum Gasteiger partial charge on any atom is 0.245 e. The minimum atomic E-state index is -0.613. The first-order chi connectivity index (χ1) is 15.0. The molecule has 0 spiro atoms. The molecule has 1 unspecified atom stereocenters. The number of piperidine rings is 2. The van der Waals surface area contributed by atoms with Gasteiger partial charge in [0.05, 0.1) is 0 Å². The highest BCUT2D eigenvalue weighted by Crippen LogP contribution is 2.28. The van der Waals surface area contributed by atoms with Crippen LogP contribution < -0.4 is 21.5 Å². The van der Waals surface area contributed by atoms with Crippen molar-refractivity contribution in [2.24, 2.45) is 5.84 Å². The lowest BCUT2D eigenvalue weighted by Gasteiger charge is -2.43. The molecule has 8 nitrogen and oxygen atoms in total. The number of nitrogens with one attached hydrogen (secondary N) is 2. The molecule has 1 aromatic heterocycles. The Labute approximate surface area is 183 Å². The van der Waals surface area contributed by atoms with Gasteiger partial charge in [-0.05, 0) is 43.9 Å². The fraction of sp³-hybridized carbons (Fsp3) is 0.450. The number of halogens is 3. The molecule has 0 radical (unpaired) electrons. The lowest BCUT2D eigenvalue weighted by atomic mass is 9.97. The molecule has 2 saturated heterocycles. The molecule has 0 saturated carbocycles. The molecule has 166 valence electrons. The van der Waals surface area contributed by atoms with E-state index in [2.05, 4.69) is 20.7 Å². The Morgan fingerprint density at radius 2 is 1.94 bits per heavy atom. The summed E-state index contributed by atoms with van der Waals surface area (Å²) in [7, 11) is 0. The highest BCUT2D eigenvalue weighted by atomic mass is 35.5. The minimum Gasteiger partial charge on any atom is -0.374 e. The number of hydrazine groups is 1. The number of carbonyl (C=O) groups excluding carboxylic acids is 1. The van der Waals surface area contributed by atoms with Crippen LogP contribution in [0.25, 0.3) is 0 Å². The number of amides is 1. The number of anilines is 3. The first kappa shape index (κ1) is 21.5. The van der Waals surface area contributed by atoms with Crippen LogP contribution in [0.3, 0.4) is 0 Å². The summed E-state index contributed by atoms with van der Waals surface area (Å²) in [5.41, 5.74) is 2.70. The first-order valence-corrected chi connectivity index (χ1v) is 10.6. The number of nitrogens with zero attached hydrogens (tertiary/aromatic N) is 4. The summed E-state index contributed by atoms with van der Waals surface area (Å²) in [5, 5.41) is 3.38. The van der Waals surface area contributed by atoms with Crippen molar-refractivity contribution in [3.8, 4) is 0 Å². The van der Waals surface area contributed by atoms with E-state index in [1.807, 2.05) is 9.80 Å². The van der Waals surface area contributed by atoms with Crippen molar-refractivity contribution in [2.75, 3.05) is 35.3 Å². The van der Waals surface area contributed by atoms with Crippen molar-refractivity contribution in [3.05, 3.63) is 41.2 Å². The summed E-state index contributed by atoms with van der Waals surface area (Å²) >= 11 is 5.93. The van der Waals surface area contributed by atoms with Gasteiger partial charge in [0.15, 0.2) is 11.6 Å². The number of nitrogen functional groups attached to an aromatic ring is 1. The Balaban J connectivity index is 1.48. The number of aromatic nitrogens is 2. The molecule has 2 fully saturated rings. The standard InChI is InChI=1S/C20H24ClF2N7O/c21-12-7-13(22)9-14(8-12)27-16-4-2-6-30(20(16)31)15-3-1-5-29(10-15)19-17(23)18(28-24)25-11-26-19/h7-9,11,15-16,27H,1-6,10,24H2,(H,25,26,28)/t15-,16?/m1/s1. The van der Waals surface area contributed by atoms with Crippen LogP contribution in [0, 0.1) is 11.6 Å². The molecule has 31 heavy (non-hydrogen) atoms. The summed E-state index contributed by atoms with van der Waals surface area (Å²) < 4.78 is 28.3. The lowest BCUT2D eigenvalue weighted by molar-refractivity contribution is -0.137. The van der Waals surface area contributed by atoms with Crippen LogP contribution in [0.1, 0.15) is 25.7 Å². The van der Waals surface area contributed by atoms with Gasteiger partial charge < -0.3 is 20.5 Å². The highest BCUT2D eigenvalue weighted by Gasteiger charge is 2.36. The van der Waals surface area contributed by atoms with E-state index in [4.69, 9.17) is 17.4 Å². The van der Waals surface area contributed by atoms with Crippen molar-refractivity contribution >= 4 is 34.8 Å². The van der Waals surface area contributed by atoms with Gasteiger partial charge in [-0.3, -0.25) is 4.79 Å². The number of nitrogens with two attached hydrogens (primary N) is 1. The fourth-order valence-electron chi connectivity index (χ4n) is 4.32. The Bertz CT molecular complexity index is 943. The van der Waals surface area contributed by atoms with Crippen molar-refractivity contribution in [3.63, 3.8) is 0 Å². The van der Waals surface area contributed by atoms with Crippen molar-refractivity contribution in [1.29, 1.82) is 0 Å². The number of hydrogen-bond acceptors (Lipinski definition) is 7. The average molecular weight is 452 g/mol. The first-order valence-electron chi connectivity index (χ1n) is 10.2. The summed E-state index contributed by atoms with van der Waals surface area (Å²) in [4.78, 5) is 24.7. The molecule has 4 N–H and O–H groups in total. The number of carbonyl (C=O) groups is 1. The zero-order valence-electron chi connectivity index (χ0n) is 16.8. The van der Waals surface area contributed by atoms with Crippen LogP contribution in [-0.2, 0) is 4.79 Å². The van der Waals surface area contributed by atoms with Gasteiger partial charge in [0.1, 0.15) is 18.2 Å². The fourth-order valence-corrected chi connectivity index (χ4v) is 4.54. The van der Waals surface area contributed by atoms with Gasteiger partial charge in [0, 0.05) is 36.4 Å². The van der Waals surface area contributed by atoms with Gasteiger partial charge >= 0.3 is 0 Å². The average Bonchev–Trinajstić information content (AvgIpc) is 2.75. The summed E-state index contributed by atoms with van der Waals surface area (Å²) in [6.45, 7) is 1.71. The zero-order valence-corrected chi connectivity index (χ0v) is 17.6. The van der Waals surface area contributed by atoms with Crippen LogP contribution >= 0.6 is 11.6 Å². The molecule has 3 heterocycles. The molecule has 0 aliphatic carbocycles. The number of rotatable bonds is 5. The van der Waals surface area contributed by atoms with Crippen LogP contribution in [0.5, 0.6) is 0 Å². The SMILES string of the molecule is NNc1ncnc(N2CCC[C@@H](N3CCCC(Nc4cc(F)cc(Cl)c4)C3=O)C2)c1F. The monoisotopic (exact) mass is 451 g/mol. The normalized spacial score (nSPS) is 21.9. The minimum absolute atomic E-state index is 0.0500. The van der Waals surface area contributed by atoms with E-state index < -0.39 is 17.7 Å². The predicted octanol–water partition coefficient (Wildman–Crippen LogP) is 2.77. The van der Waals surface area contributed by atoms with Crippen molar-refractivity contribution < 1.29 is 13.6 Å². The van der Waals surface area contributed by atoms with Gasteiger partial charge in [-0.15, -0.1) is 0 Å². The van der Waals surface area contributed by atoms with E-state index in [0.717, 1.165) is 19.3 Å². The van der Waals surface area contributed by atoms with E-state index in [1.54, 1.807) is 6.07 Å². The van der Waals surface area contributed by atoms with E-state index >= 15 is 0 Å². The van der Waals surface area contributed by atoms with E-state index in [9.17, 15) is 13.6 Å². The van der Waals surface area contributed by atoms with Crippen LogP contribution in [0.2, 0.25) is 5.02 Å². The second kappa shape index (κ2) is 9.19. The van der Waals surface area contributed by atoms with Crippen molar-refractivity contribution in [1.82, 2.24) is 14.9 Å². The molecule has 11 heteroatoms. The molecule has 2 aliphatic rings. The molecular weight excluding hydrogens is 428 g/mol. The molecule has 2 atom stereocenters. The second-order valence-corrected chi connectivity index (χ2v) is 8.21. The Morgan fingerprint density at radius 3 is 2.71 bits per heavy atom. The maximum absolute atomic E-state index is 14.6. The zero-order chi connectivity index (χ0) is 22.0. The quantitative estimate of drug-likeness (QED) is 0.475. The number of benzene rings is 1. The van der Waals surface area contributed by atoms with E-state index in [-0.39, 0.29) is 28.6 Å². The molecule has 2 aliphatic heterocycles. The molecule has 1 aromatic carbocycles. The smallest absolute Gasteiger partial charge is 0.245 e. The number of likely N-dealkylation sites (tertiary alicyclic amines) is 1. The van der Waals surface area contributed by atoms with Crippen molar-refractivity contribution in [2.45, 2.75) is 37.8 Å². The van der Waals surface area contributed by atoms with E-state index in [1.165, 1.54) is 18.5 Å². The van der Waals surface area contributed by atoms with Gasteiger partial charge in [-0.1, -0.05) is 11.6 Å². The summed E-state index contributed by atoms with van der Waals surface area (Å²) in [6, 6.07) is 3.59. The van der Waals surface area contributed by atoms with Gasteiger partial charge in [0.2, 0.25) is 11.7 Å². The Kier molecular flexibility index (Phi) is 6.38. The molecule has 0 bridgehead atoms. The van der Waals surface area contributed by atoms with Gasteiger partial charge in [0.25, 0.3) is 0 Å². The lowest BCUT2D eigenvalue weighted by Crippen LogP contribution is -2.56. The third-order valence-corrected chi connectivity index (χ3v) is 5.94. The second-order valence-electron chi connectivity index (χ2n) is 7.78. The third kappa shape index (κ3) is 4.64. The summed E-state index contributed by atoms with van der Waals surface area (Å²) in [5.74, 6) is 4.29. The van der Waals surface area contributed by atoms with Gasteiger partial charge in [-0.2, -0.15) is 4.39 Å². The number of hydrogen-bond donors (Lipinski definition) is 3. The largest absolute Gasteiger partial charge is 0.374 e. The molecule has 1 amide bonds. The van der Waals surface area contributed by atoms with E-state index in [0.29, 0.717) is 31.7 Å². The molecule has 2 aromatic rings. The highest BCUT2D eigenvalue weighted by molar-refractivity contribution is 6.30. The maximum atomic E-state index is 14.6. The predicted molar refractivity (Wildman–Crippen MR) is 115 cm³/mol. The van der Waals surface area contributed by atoms with Crippen LogP contribution in [-0.4, -0.2) is 52.5 Å². The van der Waals surface area contributed by atoms with Crippen LogP contribution in [0.15, 0.2) is 24.5 Å². The molecular formula is C20H24ClF2N7O. The Hall–Kier alpha value is -2.72. The third-order valence-electron chi connectivity index (χ3n) is 5.72. The van der Waals surface area contributed by atoms with Gasteiger partial charge in [-0.25, -0.2) is 20.2 Å². The molecule has 4 rings (SSSR count). The Morgan fingerprint density at radius 1 is 1.13 bits per heavy atom. The topological polar surface area (TPSA) is 99.4 Å². The summed E-state index contributed by atoms with van der Waals surface area (Å²) in [6.07, 6.45) is 4.32.